The monoisotopic (exact) mass is 195 g/mol. The largest absolute Gasteiger partial charge is 0.394 e. The van der Waals surface area contributed by atoms with E-state index in [4.69, 9.17) is 5.11 Å². The number of halogens is 1. The van der Waals surface area contributed by atoms with Crippen molar-refractivity contribution < 1.29 is 9.50 Å². The van der Waals surface area contributed by atoms with Crippen LogP contribution in [0.1, 0.15) is 12.8 Å². The molecular formula is C11H14FNO. The van der Waals surface area contributed by atoms with Crippen molar-refractivity contribution in [1.82, 2.24) is 0 Å². The van der Waals surface area contributed by atoms with E-state index >= 15 is 0 Å². The van der Waals surface area contributed by atoms with Gasteiger partial charge >= 0.3 is 0 Å². The van der Waals surface area contributed by atoms with Crippen LogP contribution < -0.4 is 5.32 Å². The van der Waals surface area contributed by atoms with Crippen LogP contribution in [-0.4, -0.2) is 17.8 Å². The molecule has 0 radical (unpaired) electrons. The molecule has 1 fully saturated rings. The Labute approximate surface area is 82.8 Å². The molecule has 0 aliphatic heterocycles. The summed E-state index contributed by atoms with van der Waals surface area (Å²) in [6.45, 7) is 0.141. The van der Waals surface area contributed by atoms with Gasteiger partial charge in [-0.05, 0) is 43.0 Å². The second-order valence-electron chi connectivity index (χ2n) is 3.78. The van der Waals surface area contributed by atoms with E-state index in [9.17, 15) is 4.39 Å². The molecule has 0 saturated heterocycles. The molecule has 2 N–H and O–H groups in total. The zero-order valence-corrected chi connectivity index (χ0v) is 7.91. The average molecular weight is 195 g/mol. The Morgan fingerprint density at radius 1 is 1.36 bits per heavy atom. The van der Waals surface area contributed by atoms with Crippen LogP contribution in [0.25, 0.3) is 0 Å². The maximum atomic E-state index is 12.6. The van der Waals surface area contributed by atoms with Crippen molar-refractivity contribution >= 4 is 5.69 Å². The highest BCUT2D eigenvalue weighted by Crippen LogP contribution is 2.33. The number of nitrogens with one attached hydrogen (secondary N) is 1. The maximum Gasteiger partial charge on any atom is 0.123 e. The second-order valence-corrected chi connectivity index (χ2v) is 3.78. The molecule has 0 amide bonds. The predicted octanol–water partition coefficient (Wildman–Crippen LogP) is 2.01. The topological polar surface area (TPSA) is 32.3 Å². The summed E-state index contributed by atoms with van der Waals surface area (Å²) in [4.78, 5) is 0. The Kier molecular flexibility index (Phi) is 2.68. The Hall–Kier alpha value is -1.09. The average Bonchev–Trinajstić information content (AvgIpc) is 3.01. The highest BCUT2D eigenvalue weighted by Gasteiger charge is 2.30. The molecule has 1 aromatic carbocycles. The Morgan fingerprint density at radius 2 is 2.00 bits per heavy atom. The van der Waals surface area contributed by atoms with Gasteiger partial charge in [0.15, 0.2) is 0 Å². The fourth-order valence-corrected chi connectivity index (χ4v) is 1.57. The van der Waals surface area contributed by atoms with E-state index in [2.05, 4.69) is 5.32 Å². The van der Waals surface area contributed by atoms with Gasteiger partial charge in [0, 0.05) is 5.69 Å². The van der Waals surface area contributed by atoms with Crippen molar-refractivity contribution in [3.05, 3.63) is 30.1 Å². The number of benzene rings is 1. The van der Waals surface area contributed by atoms with E-state index in [-0.39, 0.29) is 18.5 Å². The standard InChI is InChI=1S/C11H14FNO/c12-9-3-5-10(6-4-9)13-11(7-14)8-1-2-8/h3-6,8,11,13-14H,1-2,7H2. The van der Waals surface area contributed by atoms with Crippen LogP contribution in [0, 0.1) is 11.7 Å². The van der Waals surface area contributed by atoms with Gasteiger partial charge in [-0.1, -0.05) is 0 Å². The highest BCUT2D eigenvalue weighted by atomic mass is 19.1. The molecule has 0 spiro atoms. The van der Waals surface area contributed by atoms with Crippen molar-refractivity contribution in [3.8, 4) is 0 Å². The molecular weight excluding hydrogens is 181 g/mol. The van der Waals surface area contributed by atoms with Crippen LogP contribution in [0.4, 0.5) is 10.1 Å². The summed E-state index contributed by atoms with van der Waals surface area (Å²) in [7, 11) is 0. The summed E-state index contributed by atoms with van der Waals surface area (Å²) in [6, 6.07) is 6.36. The first-order valence-electron chi connectivity index (χ1n) is 4.92. The maximum absolute atomic E-state index is 12.6. The van der Waals surface area contributed by atoms with Crippen LogP contribution in [0.5, 0.6) is 0 Å². The lowest BCUT2D eigenvalue weighted by Crippen LogP contribution is -2.25. The first kappa shape index (κ1) is 9.46. The van der Waals surface area contributed by atoms with Gasteiger partial charge in [-0.15, -0.1) is 0 Å². The fourth-order valence-electron chi connectivity index (χ4n) is 1.57. The number of anilines is 1. The normalized spacial score (nSPS) is 17.9. The fraction of sp³-hybridized carbons (Fsp3) is 0.455. The summed E-state index contributed by atoms with van der Waals surface area (Å²) in [5, 5.41) is 12.3. The van der Waals surface area contributed by atoms with Crippen molar-refractivity contribution in [2.45, 2.75) is 18.9 Å². The Morgan fingerprint density at radius 3 is 2.50 bits per heavy atom. The third-order valence-electron chi connectivity index (χ3n) is 2.58. The van der Waals surface area contributed by atoms with Gasteiger partial charge in [-0.2, -0.15) is 0 Å². The number of hydrogen-bond acceptors (Lipinski definition) is 2. The Bertz CT molecular complexity index is 295. The molecule has 0 aromatic heterocycles. The molecule has 0 heterocycles. The van der Waals surface area contributed by atoms with Crippen LogP contribution >= 0.6 is 0 Å². The second kappa shape index (κ2) is 3.96. The smallest absolute Gasteiger partial charge is 0.123 e. The number of rotatable bonds is 4. The molecule has 3 heteroatoms. The van der Waals surface area contributed by atoms with Crippen molar-refractivity contribution in [3.63, 3.8) is 0 Å². The van der Waals surface area contributed by atoms with E-state index < -0.39 is 0 Å². The molecule has 1 aliphatic carbocycles. The number of aliphatic hydroxyl groups is 1. The van der Waals surface area contributed by atoms with E-state index in [1.807, 2.05) is 0 Å². The van der Waals surface area contributed by atoms with Crippen LogP contribution in [0.15, 0.2) is 24.3 Å². The quantitative estimate of drug-likeness (QED) is 0.770. The van der Waals surface area contributed by atoms with Gasteiger partial charge in [0.1, 0.15) is 5.82 Å². The van der Waals surface area contributed by atoms with Crippen LogP contribution in [-0.2, 0) is 0 Å². The van der Waals surface area contributed by atoms with Gasteiger partial charge in [0.25, 0.3) is 0 Å². The van der Waals surface area contributed by atoms with Gasteiger partial charge in [-0.25, -0.2) is 4.39 Å². The van der Waals surface area contributed by atoms with E-state index in [0.717, 1.165) is 5.69 Å². The molecule has 76 valence electrons. The van der Waals surface area contributed by atoms with Gasteiger partial charge in [0.2, 0.25) is 0 Å². The zero-order chi connectivity index (χ0) is 9.97. The lowest BCUT2D eigenvalue weighted by atomic mass is 10.2. The SMILES string of the molecule is OCC(Nc1ccc(F)cc1)C1CC1. The molecule has 0 bridgehead atoms. The summed E-state index contributed by atoms with van der Waals surface area (Å²) in [6.07, 6.45) is 2.36. The lowest BCUT2D eigenvalue weighted by molar-refractivity contribution is 0.263. The third-order valence-corrected chi connectivity index (χ3v) is 2.58. The van der Waals surface area contributed by atoms with E-state index in [1.165, 1.54) is 25.0 Å². The molecule has 2 rings (SSSR count). The van der Waals surface area contributed by atoms with Crippen LogP contribution in [0.2, 0.25) is 0 Å². The van der Waals surface area contributed by atoms with Gasteiger partial charge in [-0.3, -0.25) is 0 Å². The van der Waals surface area contributed by atoms with Crippen molar-refractivity contribution in [2.24, 2.45) is 5.92 Å². The third kappa shape index (κ3) is 2.23. The van der Waals surface area contributed by atoms with E-state index in [1.54, 1.807) is 12.1 Å². The van der Waals surface area contributed by atoms with Crippen LogP contribution in [0.3, 0.4) is 0 Å². The molecule has 1 unspecified atom stereocenters. The summed E-state index contributed by atoms with van der Waals surface area (Å²) in [5.74, 6) is 0.354. The summed E-state index contributed by atoms with van der Waals surface area (Å²) >= 11 is 0. The molecule has 1 aliphatic rings. The van der Waals surface area contributed by atoms with Crippen molar-refractivity contribution in [1.29, 1.82) is 0 Å². The first-order valence-corrected chi connectivity index (χ1v) is 4.92. The minimum Gasteiger partial charge on any atom is -0.394 e. The van der Waals surface area contributed by atoms with Gasteiger partial charge < -0.3 is 10.4 Å². The minimum atomic E-state index is -0.234. The molecule has 1 aromatic rings. The number of aliphatic hydroxyl groups excluding tert-OH is 1. The minimum absolute atomic E-state index is 0.125. The Balaban J connectivity index is 1.98. The first-order chi connectivity index (χ1) is 6.79. The van der Waals surface area contributed by atoms with Gasteiger partial charge in [0.05, 0.1) is 12.6 Å². The molecule has 14 heavy (non-hydrogen) atoms. The predicted molar refractivity (Wildman–Crippen MR) is 53.6 cm³/mol. The summed E-state index contributed by atoms with van der Waals surface area (Å²) < 4.78 is 12.6. The lowest BCUT2D eigenvalue weighted by Gasteiger charge is -2.16. The number of hydrogen-bond donors (Lipinski definition) is 2. The van der Waals surface area contributed by atoms with E-state index in [0.29, 0.717) is 5.92 Å². The zero-order valence-electron chi connectivity index (χ0n) is 7.91. The molecule has 2 nitrogen and oxygen atoms in total. The van der Waals surface area contributed by atoms with Crippen molar-refractivity contribution in [2.75, 3.05) is 11.9 Å². The summed E-state index contributed by atoms with van der Waals surface area (Å²) in [5.41, 5.74) is 0.873. The molecule has 1 saturated carbocycles. The molecule has 1 atom stereocenters. The highest BCUT2D eigenvalue weighted by molar-refractivity contribution is 5.44.